The van der Waals surface area contributed by atoms with Crippen molar-refractivity contribution in [1.82, 2.24) is 5.32 Å². The molecule has 0 aliphatic rings. The lowest BCUT2D eigenvalue weighted by molar-refractivity contribution is 0.0953. The summed E-state index contributed by atoms with van der Waals surface area (Å²) in [6, 6.07) is 2.64. The molecule has 0 spiro atoms. The van der Waals surface area contributed by atoms with Crippen LogP contribution in [0.2, 0.25) is 0 Å². The monoisotopic (exact) mass is 257 g/mol. The van der Waals surface area contributed by atoms with Crippen molar-refractivity contribution in [2.24, 2.45) is 0 Å². The summed E-state index contributed by atoms with van der Waals surface area (Å²) in [5.74, 6) is 1.42. The van der Waals surface area contributed by atoms with Gasteiger partial charge >= 0.3 is 5.63 Å². The summed E-state index contributed by atoms with van der Waals surface area (Å²) in [6.45, 7) is 0.746. The molecule has 0 aromatic carbocycles. The first-order valence-corrected chi connectivity index (χ1v) is 6.45. The van der Waals surface area contributed by atoms with E-state index in [1.54, 1.807) is 11.8 Å². The van der Waals surface area contributed by atoms with Crippen LogP contribution in [0.25, 0.3) is 0 Å². The van der Waals surface area contributed by atoms with Gasteiger partial charge in [0.25, 0.3) is 5.91 Å². The molecule has 5 nitrogen and oxygen atoms in total. The smallest absolute Gasteiger partial charge is 0.335 e. The topological polar surface area (TPSA) is 79.5 Å². The number of thioether (sulfide) groups is 1. The van der Waals surface area contributed by atoms with E-state index in [9.17, 15) is 9.59 Å². The van der Waals surface area contributed by atoms with E-state index in [-0.39, 0.29) is 12.5 Å². The lowest BCUT2D eigenvalue weighted by Gasteiger charge is -2.04. The fourth-order valence-electron chi connectivity index (χ4n) is 1.09. The molecular formula is C11H15NO4S. The van der Waals surface area contributed by atoms with Crippen molar-refractivity contribution in [2.75, 3.05) is 24.7 Å². The van der Waals surface area contributed by atoms with Crippen LogP contribution in [0.3, 0.4) is 0 Å². The standard InChI is InChI=1S/C11H15NO4S/c13-5-1-6-17-7-4-12-11(15)9-2-3-10(14)16-8-9/h2-3,8,13H,1,4-7H2,(H,12,15). The minimum Gasteiger partial charge on any atom is -0.430 e. The molecule has 1 rings (SSSR count). The molecule has 0 bridgehead atoms. The predicted octanol–water partition coefficient (Wildman–Crippen LogP) is 0.485. The molecule has 17 heavy (non-hydrogen) atoms. The Balaban J connectivity index is 2.21. The number of aliphatic hydroxyl groups excluding tert-OH is 1. The number of hydrogen-bond acceptors (Lipinski definition) is 5. The summed E-state index contributed by atoms with van der Waals surface area (Å²) in [7, 11) is 0. The van der Waals surface area contributed by atoms with Crippen molar-refractivity contribution in [3.8, 4) is 0 Å². The molecule has 6 heteroatoms. The number of carbonyl (C=O) groups is 1. The van der Waals surface area contributed by atoms with Crippen LogP contribution in [-0.2, 0) is 0 Å². The Kier molecular flexibility index (Phi) is 6.42. The second kappa shape index (κ2) is 7.92. The van der Waals surface area contributed by atoms with E-state index in [2.05, 4.69) is 9.73 Å². The molecule has 0 radical (unpaired) electrons. The van der Waals surface area contributed by atoms with Crippen LogP contribution < -0.4 is 10.9 Å². The lowest BCUT2D eigenvalue weighted by atomic mass is 10.3. The van der Waals surface area contributed by atoms with Crippen LogP contribution in [-0.4, -0.2) is 35.7 Å². The van der Waals surface area contributed by atoms with Gasteiger partial charge in [-0.25, -0.2) is 4.79 Å². The molecule has 0 saturated carbocycles. The van der Waals surface area contributed by atoms with Crippen LogP contribution in [0.1, 0.15) is 16.8 Å². The highest BCUT2D eigenvalue weighted by Crippen LogP contribution is 2.00. The van der Waals surface area contributed by atoms with Gasteiger partial charge in [0.1, 0.15) is 6.26 Å². The Labute approximate surface area is 103 Å². The Hall–Kier alpha value is -1.27. The summed E-state index contributed by atoms with van der Waals surface area (Å²) in [5.41, 5.74) is -0.133. The average molecular weight is 257 g/mol. The predicted molar refractivity (Wildman–Crippen MR) is 66.3 cm³/mol. The van der Waals surface area contributed by atoms with Crippen LogP contribution in [0.4, 0.5) is 0 Å². The van der Waals surface area contributed by atoms with Gasteiger partial charge in [0.05, 0.1) is 5.56 Å². The third-order valence-corrected chi connectivity index (χ3v) is 3.01. The SMILES string of the molecule is O=C(NCCSCCCO)c1ccc(=O)oc1. The summed E-state index contributed by atoms with van der Waals surface area (Å²) in [6.07, 6.45) is 1.92. The first-order valence-electron chi connectivity index (χ1n) is 5.29. The summed E-state index contributed by atoms with van der Waals surface area (Å²) in [5, 5.41) is 11.3. The van der Waals surface area contributed by atoms with Gasteiger partial charge in [0.2, 0.25) is 0 Å². The first kappa shape index (κ1) is 13.8. The average Bonchev–Trinajstić information content (AvgIpc) is 2.34. The molecule has 0 atom stereocenters. The van der Waals surface area contributed by atoms with Gasteiger partial charge in [0, 0.05) is 25.0 Å². The van der Waals surface area contributed by atoms with Crippen molar-refractivity contribution < 1.29 is 14.3 Å². The molecule has 0 fully saturated rings. The van der Waals surface area contributed by atoms with Gasteiger partial charge in [0.15, 0.2) is 0 Å². The van der Waals surface area contributed by atoms with E-state index < -0.39 is 5.63 Å². The van der Waals surface area contributed by atoms with Crippen LogP contribution in [0, 0.1) is 0 Å². The second-order valence-electron chi connectivity index (χ2n) is 3.29. The van der Waals surface area contributed by atoms with Crippen molar-refractivity contribution in [3.63, 3.8) is 0 Å². The number of aliphatic hydroxyl groups is 1. The number of hydrogen-bond donors (Lipinski definition) is 2. The van der Waals surface area contributed by atoms with E-state index >= 15 is 0 Å². The van der Waals surface area contributed by atoms with Crippen molar-refractivity contribution in [2.45, 2.75) is 6.42 Å². The fraction of sp³-hybridized carbons (Fsp3) is 0.455. The van der Waals surface area contributed by atoms with Gasteiger partial charge < -0.3 is 14.8 Å². The third kappa shape index (κ3) is 5.55. The lowest BCUT2D eigenvalue weighted by Crippen LogP contribution is -2.26. The van der Waals surface area contributed by atoms with E-state index in [0.717, 1.165) is 24.2 Å². The summed E-state index contributed by atoms with van der Waals surface area (Å²) >= 11 is 1.67. The molecule has 2 N–H and O–H groups in total. The van der Waals surface area contributed by atoms with Gasteiger partial charge in [-0.2, -0.15) is 11.8 Å². The summed E-state index contributed by atoms with van der Waals surface area (Å²) in [4.78, 5) is 22.2. The summed E-state index contributed by atoms with van der Waals surface area (Å²) < 4.78 is 4.59. The highest BCUT2D eigenvalue weighted by molar-refractivity contribution is 7.99. The minimum atomic E-state index is -0.471. The van der Waals surface area contributed by atoms with Crippen LogP contribution in [0.5, 0.6) is 0 Å². The Morgan fingerprint density at radius 2 is 2.24 bits per heavy atom. The number of rotatable bonds is 7. The number of carbonyl (C=O) groups excluding carboxylic acids is 1. The fourth-order valence-corrected chi connectivity index (χ4v) is 1.88. The molecule has 1 aromatic heterocycles. The van der Waals surface area contributed by atoms with Crippen molar-refractivity contribution in [1.29, 1.82) is 0 Å². The van der Waals surface area contributed by atoms with Gasteiger partial charge in [-0.15, -0.1) is 0 Å². The zero-order chi connectivity index (χ0) is 12.5. The second-order valence-corrected chi connectivity index (χ2v) is 4.51. The van der Waals surface area contributed by atoms with E-state index in [4.69, 9.17) is 5.11 Å². The van der Waals surface area contributed by atoms with E-state index in [1.165, 1.54) is 12.1 Å². The zero-order valence-electron chi connectivity index (χ0n) is 9.35. The maximum absolute atomic E-state index is 11.5. The van der Waals surface area contributed by atoms with E-state index in [0.29, 0.717) is 12.1 Å². The van der Waals surface area contributed by atoms with Crippen molar-refractivity contribution in [3.05, 3.63) is 34.4 Å². The highest BCUT2D eigenvalue weighted by atomic mass is 32.2. The maximum Gasteiger partial charge on any atom is 0.335 e. The first-order chi connectivity index (χ1) is 8.24. The molecule has 1 amide bonds. The quantitative estimate of drug-likeness (QED) is 0.695. The Morgan fingerprint density at radius 1 is 1.41 bits per heavy atom. The third-order valence-electron chi connectivity index (χ3n) is 1.94. The minimum absolute atomic E-state index is 0.197. The van der Waals surface area contributed by atoms with Crippen LogP contribution >= 0.6 is 11.8 Å². The van der Waals surface area contributed by atoms with E-state index in [1.807, 2.05) is 0 Å². The molecule has 1 heterocycles. The number of amides is 1. The van der Waals surface area contributed by atoms with Gasteiger partial charge in [-0.1, -0.05) is 0 Å². The molecule has 94 valence electrons. The zero-order valence-corrected chi connectivity index (χ0v) is 10.2. The Morgan fingerprint density at radius 3 is 2.88 bits per heavy atom. The van der Waals surface area contributed by atoms with Gasteiger partial charge in [-0.3, -0.25) is 4.79 Å². The van der Waals surface area contributed by atoms with Gasteiger partial charge in [-0.05, 0) is 18.2 Å². The molecule has 1 aromatic rings. The number of nitrogens with one attached hydrogen (secondary N) is 1. The van der Waals surface area contributed by atoms with Crippen LogP contribution in [0.15, 0.2) is 27.6 Å². The normalized spacial score (nSPS) is 10.2. The highest BCUT2D eigenvalue weighted by Gasteiger charge is 2.04. The Bertz CT molecular complexity index is 384. The maximum atomic E-state index is 11.5. The molecular weight excluding hydrogens is 242 g/mol. The molecule has 0 aliphatic heterocycles. The molecule has 0 unspecified atom stereocenters. The largest absolute Gasteiger partial charge is 0.430 e. The van der Waals surface area contributed by atoms with Crippen molar-refractivity contribution >= 4 is 17.7 Å². The molecule has 0 saturated heterocycles. The molecule has 0 aliphatic carbocycles.